The van der Waals surface area contributed by atoms with Crippen LogP contribution in [0.1, 0.15) is 86.0 Å². The number of hydrogen-bond acceptors (Lipinski definition) is 7. The molecule has 9 nitrogen and oxygen atoms in total. The molecule has 1 unspecified atom stereocenters. The highest BCUT2D eigenvalue weighted by molar-refractivity contribution is 5.79. The van der Waals surface area contributed by atoms with Crippen molar-refractivity contribution in [2.45, 2.75) is 92.1 Å². The zero-order chi connectivity index (χ0) is 26.2. The minimum atomic E-state index is -0.215. The number of ether oxygens (including phenoxy) is 3. The Morgan fingerprint density at radius 2 is 1.60 bits per heavy atom. The van der Waals surface area contributed by atoms with Gasteiger partial charge in [-0.25, -0.2) is 0 Å². The van der Waals surface area contributed by atoms with Gasteiger partial charge in [-0.05, 0) is 50.4 Å². The van der Waals surface area contributed by atoms with E-state index in [9.17, 15) is 9.59 Å². The monoisotopic (exact) mass is 501 g/mol. The average Bonchev–Trinajstić information content (AvgIpc) is 2.80. The summed E-state index contributed by atoms with van der Waals surface area (Å²) < 4.78 is 17.1. The summed E-state index contributed by atoms with van der Waals surface area (Å²) in [5.74, 6) is -0.220. The summed E-state index contributed by atoms with van der Waals surface area (Å²) in [6, 6.07) is 0. The first kappa shape index (κ1) is 33.3. The molecule has 0 radical (unpaired) electrons. The Labute approximate surface area is 213 Å². The Morgan fingerprint density at radius 3 is 2.29 bits per heavy atom. The maximum Gasteiger partial charge on any atom is 0.260 e. The van der Waals surface area contributed by atoms with Gasteiger partial charge in [0.05, 0.1) is 26.0 Å². The Morgan fingerprint density at radius 1 is 0.886 bits per heavy atom. The largest absolute Gasteiger partial charge is 0.386 e. The standard InChI is InChI=1S/C26H51N3O6/c1-6-17-32-20-23(34-18-7-2)21-33-19-10-8-9-14-27-25(31)22-35-29-16-15-28-24(30)12-11-13-26(3,4)5/h16,23H,6-15,17-22H2,1-5H3,(H,27,31)(H,28,30). The van der Waals surface area contributed by atoms with Gasteiger partial charge in [-0.15, -0.1) is 0 Å². The summed E-state index contributed by atoms with van der Waals surface area (Å²) in [6.07, 6.45) is 8.53. The van der Waals surface area contributed by atoms with E-state index in [0.717, 1.165) is 51.6 Å². The molecule has 0 fully saturated rings. The first-order valence-corrected chi connectivity index (χ1v) is 13.2. The van der Waals surface area contributed by atoms with Crippen LogP contribution in [0.4, 0.5) is 0 Å². The summed E-state index contributed by atoms with van der Waals surface area (Å²) in [5.41, 5.74) is 0.238. The van der Waals surface area contributed by atoms with Crippen LogP contribution in [0.2, 0.25) is 0 Å². The highest BCUT2D eigenvalue weighted by Crippen LogP contribution is 2.21. The van der Waals surface area contributed by atoms with Gasteiger partial charge in [0.1, 0.15) is 6.10 Å². The molecule has 9 heteroatoms. The molecule has 0 rings (SSSR count). The number of carbonyl (C=O) groups excluding carboxylic acids is 2. The number of carbonyl (C=O) groups is 2. The van der Waals surface area contributed by atoms with E-state index < -0.39 is 0 Å². The third-order valence-corrected chi connectivity index (χ3v) is 4.87. The van der Waals surface area contributed by atoms with Crippen molar-refractivity contribution in [1.82, 2.24) is 10.6 Å². The van der Waals surface area contributed by atoms with E-state index in [1.54, 1.807) is 0 Å². The molecule has 0 aromatic rings. The molecule has 0 aliphatic carbocycles. The molecular weight excluding hydrogens is 450 g/mol. The summed E-state index contributed by atoms with van der Waals surface area (Å²) in [5, 5.41) is 9.26. The van der Waals surface area contributed by atoms with Crippen molar-refractivity contribution in [3.05, 3.63) is 0 Å². The number of nitrogens with one attached hydrogen (secondary N) is 2. The van der Waals surface area contributed by atoms with Crippen molar-refractivity contribution in [2.75, 3.05) is 52.7 Å². The van der Waals surface area contributed by atoms with Gasteiger partial charge < -0.3 is 29.7 Å². The second kappa shape index (κ2) is 22.7. The van der Waals surface area contributed by atoms with Crippen LogP contribution < -0.4 is 10.6 Å². The van der Waals surface area contributed by atoms with Gasteiger partial charge in [0.25, 0.3) is 5.91 Å². The number of rotatable bonds is 23. The number of nitrogens with zero attached hydrogens (tertiary/aromatic N) is 1. The van der Waals surface area contributed by atoms with E-state index in [2.05, 4.69) is 50.4 Å². The zero-order valence-electron chi connectivity index (χ0n) is 22.9. The summed E-state index contributed by atoms with van der Waals surface area (Å²) in [6.45, 7) is 14.6. The van der Waals surface area contributed by atoms with Crippen LogP contribution >= 0.6 is 0 Å². The second-order valence-corrected chi connectivity index (χ2v) is 9.83. The topological polar surface area (TPSA) is 107 Å². The second-order valence-electron chi connectivity index (χ2n) is 9.83. The highest BCUT2D eigenvalue weighted by atomic mass is 16.6. The number of oxime groups is 1. The normalized spacial score (nSPS) is 12.6. The first-order valence-electron chi connectivity index (χ1n) is 13.2. The lowest BCUT2D eigenvalue weighted by Gasteiger charge is -2.18. The highest BCUT2D eigenvalue weighted by Gasteiger charge is 2.11. The molecule has 2 N–H and O–H groups in total. The van der Waals surface area contributed by atoms with Crippen LogP contribution in [-0.4, -0.2) is 76.9 Å². The molecule has 0 saturated heterocycles. The fourth-order valence-corrected chi connectivity index (χ4v) is 3.00. The van der Waals surface area contributed by atoms with Crippen LogP contribution in [0.25, 0.3) is 0 Å². The van der Waals surface area contributed by atoms with Gasteiger partial charge in [-0.1, -0.05) is 39.8 Å². The fourth-order valence-electron chi connectivity index (χ4n) is 3.00. The van der Waals surface area contributed by atoms with E-state index in [1.165, 1.54) is 6.21 Å². The van der Waals surface area contributed by atoms with E-state index in [4.69, 9.17) is 19.0 Å². The third kappa shape index (κ3) is 25.2. The van der Waals surface area contributed by atoms with Crippen LogP contribution in [-0.2, 0) is 28.6 Å². The quantitative estimate of drug-likeness (QED) is 0.125. The van der Waals surface area contributed by atoms with Crippen LogP contribution in [0, 0.1) is 5.41 Å². The molecular formula is C26H51N3O6. The van der Waals surface area contributed by atoms with Crippen LogP contribution in [0.3, 0.4) is 0 Å². The van der Waals surface area contributed by atoms with Crippen molar-refractivity contribution < 1.29 is 28.6 Å². The first-order chi connectivity index (χ1) is 16.8. The molecule has 206 valence electrons. The number of amides is 2. The molecule has 0 aromatic carbocycles. The summed E-state index contributed by atoms with van der Waals surface area (Å²) >= 11 is 0. The maximum absolute atomic E-state index is 11.8. The van der Waals surface area contributed by atoms with Crippen molar-refractivity contribution in [2.24, 2.45) is 10.6 Å². The Kier molecular flexibility index (Phi) is 21.6. The zero-order valence-corrected chi connectivity index (χ0v) is 22.9. The van der Waals surface area contributed by atoms with E-state index in [1.807, 2.05) is 0 Å². The predicted molar refractivity (Wildman–Crippen MR) is 140 cm³/mol. The van der Waals surface area contributed by atoms with Crippen molar-refractivity contribution >= 4 is 18.0 Å². The molecule has 0 aliphatic rings. The van der Waals surface area contributed by atoms with Gasteiger partial charge in [-0.3, -0.25) is 9.59 Å². The Bertz CT molecular complexity index is 552. The molecule has 0 bridgehead atoms. The number of unbranched alkanes of at least 4 members (excludes halogenated alkanes) is 2. The maximum atomic E-state index is 11.8. The lowest BCUT2D eigenvalue weighted by molar-refractivity contribution is -0.125. The minimum Gasteiger partial charge on any atom is -0.386 e. The molecule has 0 aliphatic heterocycles. The average molecular weight is 502 g/mol. The number of hydrogen-bond donors (Lipinski definition) is 2. The van der Waals surface area contributed by atoms with Crippen molar-refractivity contribution in [3.63, 3.8) is 0 Å². The smallest absolute Gasteiger partial charge is 0.260 e. The van der Waals surface area contributed by atoms with Gasteiger partial charge >= 0.3 is 0 Å². The van der Waals surface area contributed by atoms with E-state index in [0.29, 0.717) is 39.4 Å². The minimum absolute atomic E-state index is 0.00511. The van der Waals surface area contributed by atoms with Gasteiger partial charge in [0.15, 0.2) is 6.61 Å². The summed E-state index contributed by atoms with van der Waals surface area (Å²) in [7, 11) is 0. The SMILES string of the molecule is CCCOCC(COCCCCCNC(=O)CON=CCNC(=O)CCCC(C)(C)C)OCCC. The Balaban J connectivity index is 3.61. The van der Waals surface area contributed by atoms with Crippen molar-refractivity contribution in [3.8, 4) is 0 Å². The van der Waals surface area contributed by atoms with Gasteiger partial charge in [0.2, 0.25) is 5.91 Å². The molecule has 2 amide bonds. The van der Waals surface area contributed by atoms with Crippen molar-refractivity contribution in [1.29, 1.82) is 0 Å². The third-order valence-electron chi connectivity index (χ3n) is 4.87. The molecule has 0 saturated carbocycles. The lowest BCUT2D eigenvalue weighted by atomic mass is 9.90. The molecule has 0 aromatic heterocycles. The fraction of sp³-hybridized carbons (Fsp3) is 0.885. The van der Waals surface area contributed by atoms with E-state index in [-0.39, 0.29) is 36.5 Å². The summed E-state index contributed by atoms with van der Waals surface area (Å²) in [4.78, 5) is 28.4. The van der Waals surface area contributed by atoms with Gasteiger partial charge in [0, 0.05) is 32.8 Å². The predicted octanol–water partition coefficient (Wildman–Crippen LogP) is 3.85. The Hall–Kier alpha value is -1.71. The van der Waals surface area contributed by atoms with Crippen LogP contribution in [0.5, 0.6) is 0 Å². The molecule has 35 heavy (non-hydrogen) atoms. The molecule has 0 spiro atoms. The van der Waals surface area contributed by atoms with Gasteiger partial charge in [-0.2, -0.15) is 0 Å². The van der Waals surface area contributed by atoms with E-state index >= 15 is 0 Å². The van der Waals surface area contributed by atoms with Crippen LogP contribution in [0.15, 0.2) is 5.16 Å². The molecule has 1 atom stereocenters. The molecule has 0 heterocycles. The lowest BCUT2D eigenvalue weighted by Crippen LogP contribution is -2.28.